The number of hydrazone groups is 1. The normalized spacial score (nSPS) is 11.0. The molecule has 0 atom stereocenters. The fourth-order valence-corrected chi connectivity index (χ4v) is 1.95. The third-order valence-corrected chi connectivity index (χ3v) is 3.21. The number of carbonyl (C=O) groups excluding carboxylic acids is 2. The lowest BCUT2D eigenvalue weighted by Gasteiger charge is -2.07. The van der Waals surface area contributed by atoms with Crippen LogP contribution in [0.4, 0.5) is 4.39 Å². The highest BCUT2D eigenvalue weighted by Gasteiger charge is 2.10. The quantitative estimate of drug-likeness (QED) is 0.374. The first-order valence-electron chi connectivity index (χ1n) is 7.26. The smallest absolute Gasteiger partial charge is 0.259 e. The van der Waals surface area contributed by atoms with Gasteiger partial charge in [-0.3, -0.25) is 9.59 Å². The Labute approximate surface area is 142 Å². The molecule has 0 aliphatic rings. The van der Waals surface area contributed by atoms with Crippen molar-refractivity contribution in [1.82, 2.24) is 10.7 Å². The summed E-state index contributed by atoms with van der Waals surface area (Å²) in [7, 11) is 0. The van der Waals surface area contributed by atoms with Crippen LogP contribution >= 0.6 is 0 Å². The number of amides is 2. The topological polar surface area (TPSA) is 111 Å². The van der Waals surface area contributed by atoms with Gasteiger partial charge in [-0.2, -0.15) is 5.10 Å². The Hall–Kier alpha value is -3.42. The second kappa shape index (κ2) is 7.91. The fraction of sp³-hybridized carbons (Fsp3) is 0.118. The number of hydrogen-bond acceptors (Lipinski definition) is 5. The summed E-state index contributed by atoms with van der Waals surface area (Å²) in [5.41, 5.74) is 2.82. The number of nitrogens with one attached hydrogen (secondary N) is 2. The summed E-state index contributed by atoms with van der Waals surface area (Å²) in [6.07, 6.45) is 0. The molecule has 0 heterocycles. The summed E-state index contributed by atoms with van der Waals surface area (Å²) in [6.45, 7) is 1.16. The Morgan fingerprint density at radius 2 is 1.92 bits per heavy atom. The van der Waals surface area contributed by atoms with Crippen molar-refractivity contribution in [3.05, 3.63) is 59.4 Å². The van der Waals surface area contributed by atoms with Gasteiger partial charge in [0, 0.05) is 11.1 Å². The SMILES string of the molecule is CC(=NNC(=O)CNC(=O)c1cccc(F)c1)c1cc(O)ccc1O. The fourth-order valence-electron chi connectivity index (χ4n) is 1.95. The highest BCUT2D eigenvalue weighted by Crippen LogP contribution is 2.22. The van der Waals surface area contributed by atoms with E-state index in [4.69, 9.17) is 0 Å². The molecule has 0 bridgehead atoms. The Bertz CT molecular complexity index is 836. The summed E-state index contributed by atoms with van der Waals surface area (Å²) in [5, 5.41) is 25.2. The number of halogens is 1. The van der Waals surface area contributed by atoms with E-state index in [2.05, 4.69) is 15.8 Å². The van der Waals surface area contributed by atoms with Gasteiger partial charge in [0.1, 0.15) is 17.3 Å². The lowest BCUT2D eigenvalue weighted by Crippen LogP contribution is -2.35. The van der Waals surface area contributed by atoms with Crippen LogP contribution in [0, 0.1) is 5.82 Å². The minimum absolute atomic E-state index is 0.0592. The van der Waals surface area contributed by atoms with E-state index in [-0.39, 0.29) is 34.9 Å². The third-order valence-electron chi connectivity index (χ3n) is 3.21. The predicted octanol–water partition coefficient (Wildman–Crippen LogP) is 1.51. The second-order valence-electron chi connectivity index (χ2n) is 5.13. The molecule has 130 valence electrons. The molecule has 2 rings (SSSR count). The first kappa shape index (κ1) is 17.9. The molecular weight excluding hydrogens is 329 g/mol. The molecule has 0 aliphatic carbocycles. The standard InChI is InChI=1S/C17H16FN3O4/c1-10(14-8-13(22)5-6-15(14)23)20-21-16(24)9-19-17(25)11-3-2-4-12(18)7-11/h2-8,22-23H,9H2,1H3,(H,19,25)(H,21,24). The van der Waals surface area contributed by atoms with Crippen LogP contribution < -0.4 is 10.7 Å². The van der Waals surface area contributed by atoms with Gasteiger partial charge in [-0.05, 0) is 43.3 Å². The lowest BCUT2D eigenvalue weighted by atomic mass is 10.1. The molecule has 25 heavy (non-hydrogen) atoms. The van der Waals surface area contributed by atoms with Gasteiger partial charge in [0.2, 0.25) is 0 Å². The number of carbonyl (C=O) groups is 2. The molecule has 2 amide bonds. The molecule has 0 aromatic heterocycles. The van der Waals surface area contributed by atoms with Crippen LogP contribution in [0.3, 0.4) is 0 Å². The number of rotatable bonds is 5. The molecule has 0 unspecified atom stereocenters. The number of aromatic hydroxyl groups is 2. The molecular formula is C17H16FN3O4. The van der Waals surface area contributed by atoms with Crippen LogP contribution in [0.5, 0.6) is 11.5 Å². The van der Waals surface area contributed by atoms with Crippen LogP contribution in [0.15, 0.2) is 47.6 Å². The molecule has 4 N–H and O–H groups in total. The van der Waals surface area contributed by atoms with Crippen molar-refractivity contribution in [1.29, 1.82) is 0 Å². The molecule has 2 aromatic carbocycles. The van der Waals surface area contributed by atoms with Crippen molar-refractivity contribution < 1.29 is 24.2 Å². The van der Waals surface area contributed by atoms with Crippen molar-refractivity contribution in [3.63, 3.8) is 0 Å². The van der Waals surface area contributed by atoms with E-state index in [1.807, 2.05) is 0 Å². The summed E-state index contributed by atoms with van der Waals surface area (Å²) in [6, 6.07) is 8.98. The van der Waals surface area contributed by atoms with Gasteiger partial charge < -0.3 is 15.5 Å². The number of nitrogens with zero attached hydrogens (tertiary/aromatic N) is 1. The van der Waals surface area contributed by atoms with E-state index >= 15 is 0 Å². The predicted molar refractivity (Wildman–Crippen MR) is 88.9 cm³/mol. The monoisotopic (exact) mass is 345 g/mol. The highest BCUT2D eigenvalue weighted by molar-refractivity contribution is 6.02. The van der Waals surface area contributed by atoms with Crippen LogP contribution in [0.2, 0.25) is 0 Å². The maximum absolute atomic E-state index is 13.0. The van der Waals surface area contributed by atoms with Crippen LogP contribution in [0.1, 0.15) is 22.8 Å². The average Bonchev–Trinajstić information content (AvgIpc) is 2.59. The number of hydrogen-bond donors (Lipinski definition) is 4. The van der Waals surface area contributed by atoms with Gasteiger partial charge in [-0.1, -0.05) is 6.07 Å². The summed E-state index contributed by atoms with van der Waals surface area (Å²) in [4.78, 5) is 23.5. The van der Waals surface area contributed by atoms with Crippen LogP contribution in [0.25, 0.3) is 0 Å². The second-order valence-corrected chi connectivity index (χ2v) is 5.13. The van der Waals surface area contributed by atoms with Gasteiger partial charge in [-0.15, -0.1) is 0 Å². The van der Waals surface area contributed by atoms with Crippen LogP contribution in [-0.2, 0) is 4.79 Å². The number of benzene rings is 2. The van der Waals surface area contributed by atoms with Gasteiger partial charge in [0.05, 0.1) is 12.3 Å². The Kier molecular flexibility index (Phi) is 5.67. The minimum atomic E-state index is -0.608. The largest absolute Gasteiger partial charge is 0.508 e. The molecule has 0 fully saturated rings. The van der Waals surface area contributed by atoms with Crippen molar-refractivity contribution in [3.8, 4) is 11.5 Å². The van der Waals surface area contributed by atoms with E-state index in [0.717, 1.165) is 6.07 Å². The van der Waals surface area contributed by atoms with Gasteiger partial charge >= 0.3 is 0 Å². The van der Waals surface area contributed by atoms with Crippen molar-refractivity contribution in [2.45, 2.75) is 6.92 Å². The average molecular weight is 345 g/mol. The van der Waals surface area contributed by atoms with Gasteiger partial charge in [-0.25, -0.2) is 9.82 Å². The molecule has 2 aromatic rings. The van der Waals surface area contributed by atoms with E-state index in [9.17, 15) is 24.2 Å². The molecule has 0 radical (unpaired) electrons. The van der Waals surface area contributed by atoms with E-state index in [1.165, 1.54) is 43.3 Å². The number of phenols is 2. The lowest BCUT2D eigenvalue weighted by molar-refractivity contribution is -0.120. The molecule has 0 spiro atoms. The van der Waals surface area contributed by atoms with E-state index < -0.39 is 17.6 Å². The van der Waals surface area contributed by atoms with Crippen LogP contribution in [-0.4, -0.2) is 34.3 Å². The highest BCUT2D eigenvalue weighted by atomic mass is 19.1. The maximum atomic E-state index is 13.0. The molecule has 0 saturated heterocycles. The third kappa shape index (κ3) is 5.03. The Balaban J connectivity index is 1.92. The maximum Gasteiger partial charge on any atom is 0.259 e. The zero-order chi connectivity index (χ0) is 18.4. The first-order valence-corrected chi connectivity index (χ1v) is 7.26. The molecule has 8 heteroatoms. The van der Waals surface area contributed by atoms with Gasteiger partial charge in [0.25, 0.3) is 11.8 Å². The van der Waals surface area contributed by atoms with E-state index in [1.54, 1.807) is 0 Å². The summed E-state index contributed by atoms with van der Waals surface area (Å²) in [5.74, 6) is -1.92. The first-order chi connectivity index (χ1) is 11.9. The van der Waals surface area contributed by atoms with Gasteiger partial charge in [0.15, 0.2) is 0 Å². The van der Waals surface area contributed by atoms with Crippen molar-refractivity contribution >= 4 is 17.5 Å². The number of phenolic OH excluding ortho intramolecular Hbond substituents is 2. The van der Waals surface area contributed by atoms with Crippen molar-refractivity contribution in [2.75, 3.05) is 6.54 Å². The Morgan fingerprint density at radius 3 is 2.64 bits per heavy atom. The zero-order valence-electron chi connectivity index (χ0n) is 13.3. The molecule has 0 saturated carbocycles. The summed E-state index contributed by atoms with van der Waals surface area (Å²) >= 11 is 0. The minimum Gasteiger partial charge on any atom is -0.508 e. The molecule has 0 aliphatic heterocycles. The Morgan fingerprint density at radius 1 is 1.16 bits per heavy atom. The van der Waals surface area contributed by atoms with E-state index in [0.29, 0.717) is 0 Å². The zero-order valence-corrected chi connectivity index (χ0v) is 13.3. The summed E-state index contributed by atoms with van der Waals surface area (Å²) < 4.78 is 13.0. The van der Waals surface area contributed by atoms with Crippen molar-refractivity contribution in [2.24, 2.45) is 5.10 Å². The molecule has 7 nitrogen and oxygen atoms in total.